The molecule has 4 aromatic rings. The van der Waals surface area contributed by atoms with E-state index in [0.717, 1.165) is 18.2 Å². The predicted molar refractivity (Wildman–Crippen MR) is 136 cm³/mol. The highest BCUT2D eigenvalue weighted by Crippen LogP contribution is 2.33. The van der Waals surface area contributed by atoms with Crippen LogP contribution in [0.4, 0.5) is 26.3 Å². The van der Waals surface area contributed by atoms with Gasteiger partial charge in [-0.05, 0) is 54.8 Å². The van der Waals surface area contributed by atoms with Crippen molar-refractivity contribution < 1.29 is 35.9 Å². The van der Waals surface area contributed by atoms with Gasteiger partial charge in [0.2, 0.25) is 5.91 Å². The maximum atomic E-state index is 14.2. The summed E-state index contributed by atoms with van der Waals surface area (Å²) in [5, 5.41) is 15.2. The third-order valence-corrected chi connectivity index (χ3v) is 6.29. The van der Waals surface area contributed by atoms with E-state index in [0.29, 0.717) is 16.3 Å². The predicted octanol–water partition coefficient (Wildman–Crippen LogP) is 4.76. The summed E-state index contributed by atoms with van der Waals surface area (Å²) in [6.45, 7) is 0.456. The van der Waals surface area contributed by atoms with E-state index in [1.165, 1.54) is 43.5 Å². The standard InChI is InChI=1S/C28H20F6N6O2/c1-14-21(12-35)26(28(32,33)34)39-40(14)13-24(41)38-23(9-15-7-17(29)11-18(30)8-15)25-19(3-2-6-37-25)16-4-5-22(31)20(10-16)27(36)42/h2-8,10-11,23H,9,13H2,1H3,(H2,36,42)(H,38,41)/t23-/m0/s1. The van der Waals surface area contributed by atoms with Gasteiger partial charge in [-0.3, -0.25) is 19.3 Å². The molecular weight excluding hydrogens is 566 g/mol. The van der Waals surface area contributed by atoms with Gasteiger partial charge in [0, 0.05) is 17.8 Å². The van der Waals surface area contributed by atoms with E-state index in [2.05, 4.69) is 15.4 Å². The highest BCUT2D eigenvalue weighted by Gasteiger charge is 2.39. The van der Waals surface area contributed by atoms with Crippen LogP contribution >= 0.6 is 0 Å². The van der Waals surface area contributed by atoms with Crippen molar-refractivity contribution in [1.82, 2.24) is 20.1 Å². The number of primary amides is 1. The molecular formula is C28H20F6N6O2. The van der Waals surface area contributed by atoms with Crippen molar-refractivity contribution in [3.05, 3.63) is 106 Å². The maximum Gasteiger partial charge on any atom is 0.436 e. The lowest BCUT2D eigenvalue weighted by atomic mass is 9.94. The summed E-state index contributed by atoms with van der Waals surface area (Å²) >= 11 is 0. The van der Waals surface area contributed by atoms with Gasteiger partial charge in [0.15, 0.2) is 5.69 Å². The Morgan fingerprint density at radius 2 is 1.79 bits per heavy atom. The van der Waals surface area contributed by atoms with Crippen LogP contribution in [-0.4, -0.2) is 26.6 Å². The first-order valence-electron chi connectivity index (χ1n) is 12.1. The number of aromatic nitrogens is 3. The fraction of sp³-hybridized carbons (Fsp3) is 0.179. The van der Waals surface area contributed by atoms with Crippen LogP contribution in [0, 0.1) is 35.7 Å². The molecule has 0 fully saturated rings. The minimum atomic E-state index is -4.94. The van der Waals surface area contributed by atoms with Crippen LogP contribution in [0.2, 0.25) is 0 Å². The van der Waals surface area contributed by atoms with Crippen LogP contribution in [0.1, 0.15) is 44.6 Å². The molecule has 0 aliphatic carbocycles. The van der Waals surface area contributed by atoms with Crippen molar-refractivity contribution >= 4 is 11.8 Å². The van der Waals surface area contributed by atoms with Crippen molar-refractivity contribution in [2.24, 2.45) is 5.73 Å². The Kier molecular flexibility index (Phi) is 8.32. The maximum absolute atomic E-state index is 14.2. The summed E-state index contributed by atoms with van der Waals surface area (Å²) in [6, 6.07) is 9.58. The van der Waals surface area contributed by atoms with Crippen molar-refractivity contribution in [1.29, 1.82) is 5.26 Å². The van der Waals surface area contributed by atoms with Crippen LogP contribution in [0.5, 0.6) is 0 Å². The molecule has 2 amide bonds. The molecule has 4 rings (SSSR count). The molecule has 8 nitrogen and oxygen atoms in total. The van der Waals surface area contributed by atoms with E-state index < -0.39 is 64.8 Å². The Morgan fingerprint density at radius 1 is 1.10 bits per heavy atom. The Bertz CT molecular complexity index is 1710. The molecule has 42 heavy (non-hydrogen) atoms. The molecule has 0 unspecified atom stereocenters. The molecule has 3 N–H and O–H groups in total. The zero-order valence-electron chi connectivity index (χ0n) is 21.6. The summed E-state index contributed by atoms with van der Waals surface area (Å²) < 4.78 is 83.0. The zero-order chi connectivity index (χ0) is 30.8. The van der Waals surface area contributed by atoms with E-state index in [4.69, 9.17) is 5.73 Å². The minimum absolute atomic E-state index is 0.104. The average molecular weight is 586 g/mol. The molecule has 0 bridgehead atoms. The number of nitrogens with two attached hydrogens (primary N) is 1. The second-order valence-corrected chi connectivity index (χ2v) is 9.17. The first-order valence-corrected chi connectivity index (χ1v) is 12.1. The molecule has 0 saturated heterocycles. The lowest BCUT2D eigenvalue weighted by molar-refractivity contribution is -0.142. The lowest BCUT2D eigenvalue weighted by Gasteiger charge is -2.22. The minimum Gasteiger partial charge on any atom is -0.366 e. The molecule has 0 aliphatic rings. The van der Waals surface area contributed by atoms with Crippen LogP contribution in [0.15, 0.2) is 54.7 Å². The number of halogens is 6. The summed E-state index contributed by atoms with van der Waals surface area (Å²) in [4.78, 5) is 29.2. The molecule has 0 spiro atoms. The smallest absolute Gasteiger partial charge is 0.366 e. The highest BCUT2D eigenvalue weighted by atomic mass is 19.4. The van der Waals surface area contributed by atoms with Crippen LogP contribution in [-0.2, 0) is 23.9 Å². The molecule has 0 radical (unpaired) electrons. The average Bonchev–Trinajstić information content (AvgIpc) is 3.23. The van der Waals surface area contributed by atoms with Crippen LogP contribution < -0.4 is 11.1 Å². The monoisotopic (exact) mass is 586 g/mol. The zero-order valence-corrected chi connectivity index (χ0v) is 21.6. The number of nitriles is 1. The van der Waals surface area contributed by atoms with E-state index in [-0.39, 0.29) is 28.9 Å². The van der Waals surface area contributed by atoms with Gasteiger partial charge in [0.1, 0.15) is 35.6 Å². The highest BCUT2D eigenvalue weighted by molar-refractivity contribution is 5.94. The quantitative estimate of drug-likeness (QED) is 0.288. The number of amides is 2. The first kappa shape index (κ1) is 29.8. The summed E-state index contributed by atoms with van der Waals surface area (Å²) in [5.74, 6) is -4.56. The molecule has 14 heteroatoms. The summed E-state index contributed by atoms with van der Waals surface area (Å²) in [6.07, 6.45) is -3.82. The molecule has 0 aliphatic heterocycles. The molecule has 2 aromatic heterocycles. The van der Waals surface area contributed by atoms with Gasteiger partial charge >= 0.3 is 6.18 Å². The number of alkyl halides is 3. The van der Waals surface area contributed by atoms with Crippen molar-refractivity contribution in [2.45, 2.75) is 32.1 Å². The van der Waals surface area contributed by atoms with Gasteiger partial charge in [-0.15, -0.1) is 0 Å². The number of benzene rings is 2. The van der Waals surface area contributed by atoms with Crippen molar-refractivity contribution in [3.63, 3.8) is 0 Å². The third-order valence-electron chi connectivity index (χ3n) is 6.29. The second-order valence-electron chi connectivity index (χ2n) is 9.17. The Balaban J connectivity index is 1.75. The number of rotatable bonds is 8. The van der Waals surface area contributed by atoms with Gasteiger partial charge in [-0.1, -0.05) is 12.1 Å². The number of hydrogen-bond donors (Lipinski definition) is 2. The summed E-state index contributed by atoms with van der Waals surface area (Å²) in [7, 11) is 0. The van der Waals surface area contributed by atoms with Crippen molar-refractivity contribution in [2.75, 3.05) is 0 Å². The number of carbonyl (C=O) groups excluding carboxylic acids is 2. The largest absolute Gasteiger partial charge is 0.436 e. The topological polar surface area (TPSA) is 127 Å². The van der Waals surface area contributed by atoms with Gasteiger partial charge in [-0.25, -0.2) is 13.2 Å². The fourth-order valence-corrected chi connectivity index (χ4v) is 4.41. The van der Waals surface area contributed by atoms with E-state index in [1.54, 1.807) is 0 Å². The Morgan fingerprint density at radius 3 is 2.38 bits per heavy atom. The van der Waals surface area contributed by atoms with Gasteiger partial charge in [0.05, 0.1) is 23.0 Å². The molecule has 0 saturated carbocycles. The summed E-state index contributed by atoms with van der Waals surface area (Å²) in [5.41, 5.74) is 3.26. The molecule has 2 aromatic carbocycles. The SMILES string of the molecule is Cc1c(C#N)c(C(F)(F)F)nn1CC(=O)N[C@@H](Cc1cc(F)cc(F)c1)c1ncccc1-c1ccc(F)c(C(N)=O)c1. The van der Waals surface area contributed by atoms with E-state index >= 15 is 0 Å². The van der Waals surface area contributed by atoms with Gasteiger partial charge < -0.3 is 11.1 Å². The number of nitrogens with one attached hydrogen (secondary N) is 1. The first-order chi connectivity index (χ1) is 19.8. The van der Waals surface area contributed by atoms with Crippen molar-refractivity contribution in [3.8, 4) is 17.2 Å². The number of hydrogen-bond acceptors (Lipinski definition) is 5. The number of pyridine rings is 1. The third kappa shape index (κ3) is 6.41. The van der Waals surface area contributed by atoms with E-state index in [9.17, 15) is 41.2 Å². The molecule has 1 atom stereocenters. The van der Waals surface area contributed by atoms with Crippen LogP contribution in [0.25, 0.3) is 11.1 Å². The molecule has 2 heterocycles. The second kappa shape index (κ2) is 11.7. The molecule has 216 valence electrons. The Labute approximate surface area is 234 Å². The Hall–Kier alpha value is -5.19. The fourth-order valence-electron chi connectivity index (χ4n) is 4.41. The van der Waals surface area contributed by atoms with Gasteiger partial charge in [0.25, 0.3) is 5.91 Å². The van der Waals surface area contributed by atoms with Gasteiger partial charge in [-0.2, -0.15) is 23.5 Å². The number of nitrogens with zero attached hydrogens (tertiary/aromatic N) is 4. The lowest BCUT2D eigenvalue weighted by Crippen LogP contribution is -2.34. The van der Waals surface area contributed by atoms with E-state index in [1.807, 2.05) is 0 Å². The van der Waals surface area contributed by atoms with Crippen LogP contribution in [0.3, 0.4) is 0 Å². The number of carbonyl (C=O) groups is 2. The normalized spacial score (nSPS) is 12.0.